The molecular weight excluding hydrogens is 837 g/mol. The van der Waals surface area contributed by atoms with Gasteiger partial charge in [0.1, 0.15) is 17.9 Å². The van der Waals surface area contributed by atoms with Crippen LogP contribution in [0, 0.1) is 73.6 Å². The molecule has 2 fully saturated rings. The molecule has 5 unspecified atom stereocenters. The summed E-state index contributed by atoms with van der Waals surface area (Å²) in [6, 6.07) is 2.16. The standard InChI is InChI=1S/C40H67N5O8.Tb/c1-7-9-15-45-37(12-10-11-33(5)40(45,6)8-2)27-34(28-41)39(48)44-29-35(32(3)4)26-36(30-44)38(47)43-14-17-50-19-21-52-23-25-53-24-22-51-20-18-49-16-13-42-31-46;/h7,15,27,32-33,35-37H,1,8-14,16-26,29-30H2,2-6H3,(H,42,46)(H,43,47);/b34-27+,45-15?;. The Balaban J connectivity index is 0.0000146. The number of likely N-dealkylation sites (tertiary alicyclic amines) is 1. The number of rotatable bonds is 26. The van der Waals surface area contributed by atoms with E-state index in [9.17, 15) is 19.6 Å². The van der Waals surface area contributed by atoms with E-state index in [1.165, 1.54) is 0 Å². The Labute approximate surface area is 355 Å². The van der Waals surface area contributed by atoms with Gasteiger partial charge in [-0.3, -0.25) is 9.59 Å². The van der Waals surface area contributed by atoms with Crippen LogP contribution >= 0.6 is 0 Å². The Hall–Kier alpha value is -1.86. The molecule has 0 aliphatic carbocycles. The first-order chi connectivity index (χ1) is 25.6. The number of ether oxygens (including phenoxy) is 5. The molecule has 0 aromatic heterocycles. The van der Waals surface area contributed by atoms with Crippen molar-refractivity contribution in [1.82, 2.24) is 15.5 Å². The number of allylic oxidation sites excluding steroid dienone is 1. The molecule has 0 bridgehead atoms. The zero-order valence-electron chi connectivity index (χ0n) is 33.4. The molecule has 2 aliphatic heterocycles. The Bertz CT molecular complexity index is 1210. The normalized spacial score (nSPS) is 24.0. The van der Waals surface area contributed by atoms with Crippen LogP contribution in [0.3, 0.4) is 0 Å². The largest absolute Gasteiger partial charge is 0.528 e. The van der Waals surface area contributed by atoms with Crippen molar-refractivity contribution >= 4 is 24.4 Å². The van der Waals surface area contributed by atoms with Crippen molar-refractivity contribution in [3.05, 3.63) is 24.3 Å². The Morgan fingerprint density at radius 2 is 1.56 bits per heavy atom. The van der Waals surface area contributed by atoms with Crippen LogP contribution in [-0.4, -0.2) is 138 Å². The minimum Gasteiger partial charge on any atom is -0.528 e. The van der Waals surface area contributed by atoms with Gasteiger partial charge < -0.3 is 44.0 Å². The van der Waals surface area contributed by atoms with Gasteiger partial charge in [0.25, 0.3) is 5.91 Å². The first kappa shape index (κ1) is 50.2. The molecule has 0 aromatic rings. The number of piperidine rings is 1. The van der Waals surface area contributed by atoms with Crippen molar-refractivity contribution < 1.29 is 81.3 Å². The molecule has 1 radical (unpaired) electrons. The molecule has 309 valence electrons. The molecule has 2 heterocycles. The fourth-order valence-electron chi connectivity index (χ4n) is 6.99. The van der Waals surface area contributed by atoms with E-state index in [0.29, 0.717) is 98.0 Å². The molecule has 0 saturated carbocycles. The van der Waals surface area contributed by atoms with Crippen molar-refractivity contribution in [2.24, 2.45) is 23.7 Å². The van der Waals surface area contributed by atoms with E-state index in [1.54, 1.807) is 11.3 Å². The predicted octanol–water partition coefficient (Wildman–Crippen LogP) is 3.43. The first-order valence-electron chi connectivity index (χ1n) is 19.5. The Morgan fingerprint density at radius 3 is 2.07 bits per heavy atom. The van der Waals surface area contributed by atoms with E-state index in [1.807, 2.05) is 12.2 Å². The fraction of sp³-hybridized carbons (Fsp3) is 0.775. The summed E-state index contributed by atoms with van der Waals surface area (Å²) in [4.78, 5) is 39.0. The number of nitriles is 1. The number of amides is 3. The second kappa shape index (κ2) is 29.4. The third kappa shape index (κ3) is 17.9. The molecule has 0 spiro atoms. The molecule has 2 saturated heterocycles. The SMILES string of the molecule is C=CCC=[N+]1C(/C=C(\C#N)C(=O)N2CC(C(=O)NCCOCCOCCOCCOCCOCCN[C-]=O)CC(C(C)C)C2)CCCC(C)C1(C)CC.[Tb]. The summed E-state index contributed by atoms with van der Waals surface area (Å²) < 4.78 is 29.7. The number of hydrogen-bond donors (Lipinski definition) is 2. The van der Waals surface area contributed by atoms with Crippen LogP contribution in [0.25, 0.3) is 0 Å². The van der Waals surface area contributed by atoms with Gasteiger partial charge in [-0.25, -0.2) is 4.58 Å². The third-order valence-electron chi connectivity index (χ3n) is 10.6. The minimum atomic E-state index is -0.364. The second-order valence-electron chi connectivity index (χ2n) is 14.4. The van der Waals surface area contributed by atoms with Gasteiger partial charge >= 0.3 is 0 Å². The number of carbonyl (C=O) groups excluding carboxylic acids is 3. The number of nitrogens with zero attached hydrogens (tertiary/aromatic N) is 3. The summed E-state index contributed by atoms with van der Waals surface area (Å²) >= 11 is 0. The quantitative estimate of drug-likeness (QED) is 0.0253. The number of carbonyl (C=O) groups is 2. The van der Waals surface area contributed by atoms with Crippen molar-refractivity contribution in [2.45, 2.75) is 84.7 Å². The Kier molecular flexibility index (Phi) is 27.3. The summed E-state index contributed by atoms with van der Waals surface area (Å²) in [5.74, 6) is 0.135. The molecule has 3 amide bonds. The summed E-state index contributed by atoms with van der Waals surface area (Å²) in [7, 11) is 0. The van der Waals surface area contributed by atoms with Crippen LogP contribution < -0.4 is 10.6 Å². The van der Waals surface area contributed by atoms with Crippen molar-refractivity contribution in [2.75, 3.05) is 92.2 Å². The smallest absolute Gasteiger partial charge is 0.264 e. The maximum atomic E-state index is 14.0. The predicted molar refractivity (Wildman–Crippen MR) is 204 cm³/mol. The fourth-order valence-corrected chi connectivity index (χ4v) is 6.99. The van der Waals surface area contributed by atoms with Gasteiger partial charge in [0.05, 0.1) is 72.0 Å². The molecule has 14 heteroatoms. The Morgan fingerprint density at radius 1 is 0.981 bits per heavy atom. The monoisotopic (exact) mass is 904 g/mol. The van der Waals surface area contributed by atoms with Gasteiger partial charge in [-0.2, -0.15) is 11.7 Å². The third-order valence-corrected chi connectivity index (χ3v) is 10.6. The van der Waals surface area contributed by atoms with Gasteiger partial charge in [0.2, 0.25) is 5.91 Å². The van der Waals surface area contributed by atoms with Crippen molar-refractivity contribution in [3.63, 3.8) is 0 Å². The van der Waals surface area contributed by atoms with E-state index in [-0.39, 0.29) is 91.9 Å². The maximum absolute atomic E-state index is 14.0. The summed E-state index contributed by atoms with van der Waals surface area (Å²) in [5, 5.41) is 15.7. The van der Waals surface area contributed by atoms with Crippen LogP contribution in [0.15, 0.2) is 24.3 Å². The van der Waals surface area contributed by atoms with E-state index in [0.717, 1.165) is 32.1 Å². The molecule has 54 heavy (non-hydrogen) atoms. The topological polar surface area (TPSA) is 151 Å². The van der Waals surface area contributed by atoms with Gasteiger partial charge in [0, 0.05) is 103 Å². The summed E-state index contributed by atoms with van der Waals surface area (Å²) in [6.45, 7) is 20.8. The van der Waals surface area contributed by atoms with E-state index < -0.39 is 0 Å². The zero-order chi connectivity index (χ0) is 38.9. The van der Waals surface area contributed by atoms with Crippen LogP contribution in [0.2, 0.25) is 0 Å². The molecular formula is C40H67N5O8Tb. The summed E-state index contributed by atoms with van der Waals surface area (Å²) in [6.07, 6.45) is 12.9. The molecule has 2 aliphatic rings. The van der Waals surface area contributed by atoms with Crippen LogP contribution in [0.1, 0.15) is 73.1 Å². The van der Waals surface area contributed by atoms with Gasteiger partial charge in [0.15, 0.2) is 11.6 Å². The number of nitrogens with one attached hydrogen (secondary N) is 2. The van der Waals surface area contributed by atoms with Crippen LogP contribution in [0.4, 0.5) is 0 Å². The van der Waals surface area contributed by atoms with Gasteiger partial charge in [-0.1, -0.05) is 33.8 Å². The van der Waals surface area contributed by atoms with Crippen LogP contribution in [-0.2, 0) is 38.1 Å². The van der Waals surface area contributed by atoms with E-state index >= 15 is 0 Å². The van der Waals surface area contributed by atoms with E-state index in [2.05, 4.69) is 68.7 Å². The minimum absolute atomic E-state index is 0. The number of hydrogen-bond acceptors (Lipinski definition) is 9. The average Bonchev–Trinajstić information content (AvgIpc) is 3.27. The van der Waals surface area contributed by atoms with E-state index in [4.69, 9.17) is 23.7 Å². The maximum Gasteiger partial charge on any atom is 0.264 e. The molecule has 2 rings (SSSR count). The van der Waals surface area contributed by atoms with Crippen LogP contribution in [0.5, 0.6) is 0 Å². The van der Waals surface area contributed by atoms with Crippen molar-refractivity contribution in [1.29, 1.82) is 5.26 Å². The van der Waals surface area contributed by atoms with Gasteiger partial charge in [-0.15, -0.1) is 6.58 Å². The van der Waals surface area contributed by atoms with Gasteiger partial charge in [-0.05, 0) is 31.1 Å². The molecule has 0 aromatic carbocycles. The molecule has 2 N–H and O–H groups in total. The second-order valence-corrected chi connectivity index (χ2v) is 14.4. The molecule has 13 nitrogen and oxygen atoms in total. The zero-order valence-corrected chi connectivity index (χ0v) is 35.5. The van der Waals surface area contributed by atoms with Crippen molar-refractivity contribution in [3.8, 4) is 6.07 Å². The molecule has 5 atom stereocenters. The average molecular weight is 905 g/mol. The first-order valence-corrected chi connectivity index (χ1v) is 19.5. The summed E-state index contributed by atoms with van der Waals surface area (Å²) in [5.41, 5.74) is 0.0527.